The summed E-state index contributed by atoms with van der Waals surface area (Å²) in [6, 6.07) is 13.9. The van der Waals surface area contributed by atoms with Crippen molar-refractivity contribution >= 4 is 16.5 Å². The molecule has 0 heterocycles. The quantitative estimate of drug-likeness (QED) is 0.689. The minimum Gasteiger partial charge on any atom is -0.399 e. The second-order valence-electron chi connectivity index (χ2n) is 3.23. The van der Waals surface area contributed by atoms with Gasteiger partial charge < -0.3 is 5.73 Å². The normalized spacial score (nSPS) is 9.93. The second kappa shape index (κ2) is 3.39. The van der Waals surface area contributed by atoms with Gasteiger partial charge in [0, 0.05) is 5.69 Å². The van der Waals surface area contributed by atoms with Gasteiger partial charge in [0.05, 0.1) is 12.5 Å². The number of hydrogen-bond acceptors (Lipinski definition) is 2. The lowest BCUT2D eigenvalue weighted by Gasteiger charge is -2.03. The van der Waals surface area contributed by atoms with Gasteiger partial charge in [0.1, 0.15) is 0 Å². The van der Waals surface area contributed by atoms with Crippen LogP contribution in [0.1, 0.15) is 5.56 Å². The van der Waals surface area contributed by atoms with Gasteiger partial charge in [-0.1, -0.05) is 24.3 Å². The Morgan fingerprint density at radius 1 is 1.21 bits per heavy atom. The first-order chi connectivity index (χ1) is 6.81. The molecule has 0 bridgehead atoms. The molecule has 2 aromatic rings. The predicted octanol–water partition coefficient (Wildman–Crippen LogP) is 2.49. The van der Waals surface area contributed by atoms with E-state index in [4.69, 9.17) is 11.0 Å². The Labute approximate surface area is 82.6 Å². The number of nitrogens with zero attached hydrogens (tertiary/aromatic N) is 1. The van der Waals surface area contributed by atoms with Gasteiger partial charge in [-0.05, 0) is 28.5 Å². The Hall–Kier alpha value is -2.01. The lowest BCUT2D eigenvalue weighted by Crippen LogP contribution is -1.88. The maximum absolute atomic E-state index is 8.67. The molecular weight excluding hydrogens is 172 g/mol. The molecule has 2 heteroatoms. The van der Waals surface area contributed by atoms with Crippen LogP contribution in [0.25, 0.3) is 10.8 Å². The molecule has 0 aliphatic carbocycles. The summed E-state index contributed by atoms with van der Waals surface area (Å²) in [5, 5.41) is 10.9. The van der Waals surface area contributed by atoms with Crippen molar-refractivity contribution in [3.05, 3.63) is 42.0 Å². The summed E-state index contributed by atoms with van der Waals surface area (Å²) in [6.45, 7) is 0. The van der Waals surface area contributed by atoms with E-state index in [0.717, 1.165) is 22.0 Å². The minimum atomic E-state index is 0.431. The van der Waals surface area contributed by atoms with Gasteiger partial charge in [0.15, 0.2) is 0 Å². The molecule has 0 atom stereocenters. The molecular formula is C12H10N2. The standard InChI is InChI=1S/C12H10N2/c13-7-6-10-3-1-2-9-4-5-11(14)8-12(9)10/h1-5,8H,6,14H2. The average Bonchev–Trinajstić information content (AvgIpc) is 2.19. The molecule has 0 radical (unpaired) electrons. The highest BCUT2D eigenvalue weighted by Gasteiger charge is 1.99. The van der Waals surface area contributed by atoms with E-state index in [1.807, 2.05) is 36.4 Å². The Morgan fingerprint density at radius 3 is 2.86 bits per heavy atom. The summed E-state index contributed by atoms with van der Waals surface area (Å²) < 4.78 is 0. The third kappa shape index (κ3) is 1.40. The highest BCUT2D eigenvalue weighted by molar-refractivity contribution is 5.88. The fourth-order valence-corrected chi connectivity index (χ4v) is 1.59. The van der Waals surface area contributed by atoms with Crippen LogP contribution in [0.3, 0.4) is 0 Å². The summed E-state index contributed by atoms with van der Waals surface area (Å²) in [5.74, 6) is 0. The van der Waals surface area contributed by atoms with Crippen molar-refractivity contribution in [1.82, 2.24) is 0 Å². The highest BCUT2D eigenvalue weighted by Crippen LogP contribution is 2.21. The monoisotopic (exact) mass is 182 g/mol. The molecule has 2 nitrogen and oxygen atoms in total. The van der Waals surface area contributed by atoms with Crippen LogP contribution in [0, 0.1) is 11.3 Å². The Kier molecular flexibility index (Phi) is 2.08. The summed E-state index contributed by atoms with van der Waals surface area (Å²) >= 11 is 0. The molecule has 0 spiro atoms. The number of fused-ring (bicyclic) bond motifs is 1. The second-order valence-corrected chi connectivity index (χ2v) is 3.23. The van der Waals surface area contributed by atoms with Gasteiger partial charge in [-0.25, -0.2) is 0 Å². The summed E-state index contributed by atoms with van der Waals surface area (Å²) in [5.41, 5.74) is 7.48. The number of nitrogen functional groups attached to an aromatic ring is 1. The summed E-state index contributed by atoms with van der Waals surface area (Å²) in [7, 11) is 0. The van der Waals surface area contributed by atoms with Crippen molar-refractivity contribution in [2.24, 2.45) is 0 Å². The van der Waals surface area contributed by atoms with Crippen LogP contribution in [0.4, 0.5) is 5.69 Å². The number of rotatable bonds is 1. The first-order valence-corrected chi connectivity index (χ1v) is 4.45. The molecule has 2 rings (SSSR count). The van der Waals surface area contributed by atoms with Crippen molar-refractivity contribution in [3.63, 3.8) is 0 Å². The van der Waals surface area contributed by atoms with Gasteiger partial charge in [-0.15, -0.1) is 0 Å². The summed E-state index contributed by atoms with van der Waals surface area (Å²) in [6.07, 6.45) is 0.431. The van der Waals surface area contributed by atoms with Crippen LogP contribution in [0.15, 0.2) is 36.4 Å². The lowest BCUT2D eigenvalue weighted by atomic mass is 10.0. The third-order valence-electron chi connectivity index (χ3n) is 2.27. The molecule has 14 heavy (non-hydrogen) atoms. The zero-order valence-electron chi connectivity index (χ0n) is 7.70. The largest absolute Gasteiger partial charge is 0.399 e. The smallest absolute Gasteiger partial charge is 0.0669 e. The van der Waals surface area contributed by atoms with Crippen LogP contribution >= 0.6 is 0 Å². The number of nitriles is 1. The van der Waals surface area contributed by atoms with E-state index >= 15 is 0 Å². The Bertz CT molecular complexity index is 509. The first-order valence-electron chi connectivity index (χ1n) is 4.45. The molecule has 0 amide bonds. The predicted molar refractivity (Wildman–Crippen MR) is 57.7 cm³/mol. The van der Waals surface area contributed by atoms with Crippen LogP contribution in [-0.4, -0.2) is 0 Å². The number of benzene rings is 2. The van der Waals surface area contributed by atoms with Crippen molar-refractivity contribution in [1.29, 1.82) is 5.26 Å². The van der Waals surface area contributed by atoms with Crippen LogP contribution in [0.5, 0.6) is 0 Å². The molecule has 0 unspecified atom stereocenters. The molecule has 0 fully saturated rings. The SMILES string of the molecule is N#CCc1cccc2ccc(N)cc12. The van der Waals surface area contributed by atoms with Crippen molar-refractivity contribution in [3.8, 4) is 6.07 Å². The van der Waals surface area contributed by atoms with Crippen molar-refractivity contribution in [2.45, 2.75) is 6.42 Å². The van der Waals surface area contributed by atoms with Gasteiger partial charge in [-0.3, -0.25) is 0 Å². The topological polar surface area (TPSA) is 49.8 Å². The highest BCUT2D eigenvalue weighted by atomic mass is 14.5. The molecule has 2 N–H and O–H groups in total. The number of anilines is 1. The van der Waals surface area contributed by atoms with Crippen molar-refractivity contribution < 1.29 is 0 Å². The van der Waals surface area contributed by atoms with E-state index < -0.39 is 0 Å². The van der Waals surface area contributed by atoms with Gasteiger partial charge in [0.25, 0.3) is 0 Å². The maximum atomic E-state index is 8.67. The Morgan fingerprint density at radius 2 is 2.07 bits per heavy atom. The molecule has 0 aliphatic heterocycles. The fraction of sp³-hybridized carbons (Fsp3) is 0.0833. The van der Waals surface area contributed by atoms with E-state index in [2.05, 4.69) is 6.07 Å². The van der Waals surface area contributed by atoms with E-state index in [1.54, 1.807) is 0 Å². The molecule has 2 aromatic carbocycles. The minimum absolute atomic E-state index is 0.431. The van der Waals surface area contributed by atoms with Crippen LogP contribution in [-0.2, 0) is 6.42 Å². The Balaban J connectivity index is 2.72. The van der Waals surface area contributed by atoms with Gasteiger partial charge in [0.2, 0.25) is 0 Å². The van der Waals surface area contributed by atoms with Gasteiger partial charge in [-0.2, -0.15) is 5.26 Å². The first kappa shape index (κ1) is 8.58. The van der Waals surface area contributed by atoms with Crippen LogP contribution < -0.4 is 5.73 Å². The molecule has 0 aliphatic rings. The zero-order chi connectivity index (χ0) is 9.97. The van der Waals surface area contributed by atoms with E-state index in [-0.39, 0.29) is 0 Å². The maximum Gasteiger partial charge on any atom is 0.0669 e. The van der Waals surface area contributed by atoms with E-state index in [1.165, 1.54) is 0 Å². The molecule has 0 aromatic heterocycles. The lowest BCUT2D eigenvalue weighted by molar-refractivity contribution is 1.29. The molecule has 0 saturated heterocycles. The number of nitrogens with two attached hydrogens (primary N) is 1. The summed E-state index contributed by atoms with van der Waals surface area (Å²) in [4.78, 5) is 0. The average molecular weight is 182 g/mol. The molecule has 68 valence electrons. The zero-order valence-corrected chi connectivity index (χ0v) is 7.70. The molecule has 0 saturated carbocycles. The number of hydrogen-bond donors (Lipinski definition) is 1. The van der Waals surface area contributed by atoms with E-state index in [9.17, 15) is 0 Å². The van der Waals surface area contributed by atoms with Crippen molar-refractivity contribution in [2.75, 3.05) is 5.73 Å². The van der Waals surface area contributed by atoms with Gasteiger partial charge >= 0.3 is 0 Å². The fourth-order valence-electron chi connectivity index (χ4n) is 1.59. The van der Waals surface area contributed by atoms with Crippen LogP contribution in [0.2, 0.25) is 0 Å². The van der Waals surface area contributed by atoms with E-state index in [0.29, 0.717) is 6.42 Å². The third-order valence-corrected chi connectivity index (χ3v) is 2.27.